The van der Waals surface area contributed by atoms with E-state index >= 15 is 0 Å². The summed E-state index contributed by atoms with van der Waals surface area (Å²) in [5, 5.41) is 0.616. The Morgan fingerprint density at radius 2 is 1.94 bits per heavy atom. The number of nitrogens with one attached hydrogen (secondary N) is 1. The Bertz CT molecular complexity index is 537. The first kappa shape index (κ1) is 11.6. The van der Waals surface area contributed by atoms with Crippen LogP contribution < -0.4 is 10.1 Å². The summed E-state index contributed by atoms with van der Waals surface area (Å²) in [7, 11) is 0. The van der Waals surface area contributed by atoms with Crippen LogP contribution >= 0.6 is 11.6 Å². The van der Waals surface area contributed by atoms with Crippen LogP contribution in [0.3, 0.4) is 0 Å². The van der Waals surface area contributed by atoms with Gasteiger partial charge in [-0.3, -0.25) is 4.79 Å². The number of carbonyl (C=O) groups excluding carboxylic acids is 1. The van der Waals surface area contributed by atoms with Crippen LogP contribution in [0.1, 0.15) is 15.9 Å². The second-order valence-corrected chi connectivity index (χ2v) is 4.17. The zero-order valence-corrected chi connectivity index (χ0v) is 10.1. The van der Waals surface area contributed by atoms with Gasteiger partial charge in [0.25, 0.3) is 0 Å². The minimum atomic E-state index is -0.169. The third-order valence-corrected chi connectivity index (χ3v) is 2.54. The van der Waals surface area contributed by atoms with E-state index in [2.05, 4.69) is 5.43 Å². The van der Waals surface area contributed by atoms with Gasteiger partial charge in [0.1, 0.15) is 0 Å². The van der Waals surface area contributed by atoms with Gasteiger partial charge in [-0.1, -0.05) is 16.3 Å². The molecule has 0 saturated carbocycles. The Kier molecular flexibility index (Phi) is 3.40. The lowest BCUT2D eigenvalue weighted by Gasteiger charge is -2.00. The molecule has 0 radical (unpaired) electrons. The summed E-state index contributed by atoms with van der Waals surface area (Å²) in [5.74, 6) is -0.169. The highest BCUT2D eigenvalue weighted by atomic mass is 35.5. The summed E-state index contributed by atoms with van der Waals surface area (Å²) in [4.78, 5) is 11.9. The molecule has 86 valence electrons. The van der Waals surface area contributed by atoms with Gasteiger partial charge in [0, 0.05) is 22.2 Å². The molecule has 0 aliphatic rings. The quantitative estimate of drug-likeness (QED) is 0.812. The molecule has 2 rings (SSSR count). The third-order valence-electron chi connectivity index (χ3n) is 2.29. The van der Waals surface area contributed by atoms with Crippen molar-refractivity contribution in [1.29, 1.82) is 0 Å². The molecular formula is C13H12ClN2O+. The predicted molar refractivity (Wildman–Crippen MR) is 66.5 cm³/mol. The van der Waals surface area contributed by atoms with E-state index in [-0.39, 0.29) is 5.91 Å². The summed E-state index contributed by atoms with van der Waals surface area (Å²) in [6, 6.07) is 10.6. The first-order valence-electron chi connectivity index (χ1n) is 5.20. The number of aryl methyl sites for hydroxylation is 1. The van der Waals surface area contributed by atoms with E-state index in [4.69, 9.17) is 11.6 Å². The zero-order valence-electron chi connectivity index (χ0n) is 9.35. The standard InChI is InChI=1S/C13H11ClN2O/c1-10-3-2-8-16(9-10)15-13(17)11-4-6-12(14)7-5-11/h2-9H,1H3/p+1. The monoisotopic (exact) mass is 247 g/mol. The SMILES string of the molecule is Cc1ccc[n+](NC(=O)c2ccc(Cl)cc2)c1. The first-order valence-corrected chi connectivity index (χ1v) is 5.58. The predicted octanol–water partition coefficient (Wildman–Crippen LogP) is 2.32. The number of hydrogen-bond acceptors (Lipinski definition) is 1. The summed E-state index contributed by atoms with van der Waals surface area (Å²) < 4.78 is 1.63. The summed E-state index contributed by atoms with van der Waals surface area (Å²) in [5.41, 5.74) is 4.40. The van der Waals surface area contributed by atoms with Crippen molar-refractivity contribution in [1.82, 2.24) is 0 Å². The summed E-state index contributed by atoms with van der Waals surface area (Å²) in [6.07, 6.45) is 3.62. The van der Waals surface area contributed by atoms with Crippen molar-refractivity contribution in [2.75, 3.05) is 5.43 Å². The van der Waals surface area contributed by atoms with Crippen molar-refractivity contribution in [2.24, 2.45) is 0 Å². The molecule has 1 aromatic heterocycles. The minimum absolute atomic E-state index is 0.169. The number of nitrogens with zero attached hydrogens (tertiary/aromatic N) is 1. The minimum Gasteiger partial charge on any atom is -0.264 e. The van der Waals surface area contributed by atoms with Gasteiger partial charge in [0.15, 0.2) is 6.20 Å². The highest BCUT2D eigenvalue weighted by Crippen LogP contribution is 2.09. The molecule has 0 aliphatic carbocycles. The van der Waals surface area contributed by atoms with Crippen molar-refractivity contribution in [2.45, 2.75) is 6.92 Å². The summed E-state index contributed by atoms with van der Waals surface area (Å²) >= 11 is 5.76. The fourth-order valence-corrected chi connectivity index (χ4v) is 1.57. The highest BCUT2D eigenvalue weighted by molar-refractivity contribution is 6.30. The third kappa shape index (κ3) is 3.04. The van der Waals surface area contributed by atoms with E-state index in [0.29, 0.717) is 10.6 Å². The van der Waals surface area contributed by atoms with Crippen LogP contribution in [0.4, 0.5) is 0 Å². The largest absolute Gasteiger partial charge is 0.305 e. The average Bonchev–Trinajstić information content (AvgIpc) is 2.29. The van der Waals surface area contributed by atoms with E-state index in [0.717, 1.165) is 5.56 Å². The van der Waals surface area contributed by atoms with Gasteiger partial charge in [0.2, 0.25) is 6.20 Å². The van der Waals surface area contributed by atoms with E-state index in [9.17, 15) is 4.79 Å². The van der Waals surface area contributed by atoms with Gasteiger partial charge in [-0.25, -0.2) is 0 Å². The van der Waals surface area contributed by atoms with E-state index in [1.165, 1.54) is 0 Å². The normalized spacial score (nSPS) is 10.0. The number of halogens is 1. The molecule has 17 heavy (non-hydrogen) atoms. The van der Waals surface area contributed by atoms with E-state index in [1.54, 1.807) is 35.1 Å². The van der Waals surface area contributed by atoms with E-state index in [1.807, 2.05) is 25.3 Å². The fourth-order valence-electron chi connectivity index (χ4n) is 1.45. The second-order valence-electron chi connectivity index (χ2n) is 3.74. The smallest absolute Gasteiger partial charge is 0.264 e. The molecule has 1 aromatic carbocycles. The van der Waals surface area contributed by atoms with Gasteiger partial charge in [-0.2, -0.15) is 0 Å². The molecule has 1 amide bonds. The van der Waals surface area contributed by atoms with Gasteiger partial charge in [0.05, 0.1) is 0 Å². The topological polar surface area (TPSA) is 33.0 Å². The molecule has 1 heterocycles. The fraction of sp³-hybridized carbons (Fsp3) is 0.0769. The Hall–Kier alpha value is -1.87. The molecule has 0 saturated heterocycles. The van der Waals surface area contributed by atoms with Crippen molar-refractivity contribution < 1.29 is 9.47 Å². The molecular weight excluding hydrogens is 236 g/mol. The Balaban J connectivity index is 2.14. The molecule has 4 heteroatoms. The first-order chi connectivity index (χ1) is 8.15. The van der Waals surface area contributed by atoms with Gasteiger partial charge in [-0.05, 0) is 37.3 Å². The molecule has 0 spiro atoms. The lowest BCUT2D eigenvalue weighted by molar-refractivity contribution is -0.641. The van der Waals surface area contributed by atoms with Crippen LogP contribution in [0, 0.1) is 6.92 Å². The molecule has 0 bridgehead atoms. The molecule has 0 atom stereocenters. The lowest BCUT2D eigenvalue weighted by atomic mass is 10.2. The number of aromatic nitrogens is 1. The van der Waals surface area contributed by atoms with Crippen LogP contribution in [-0.2, 0) is 0 Å². The maximum absolute atomic E-state index is 11.9. The molecule has 1 N–H and O–H groups in total. The molecule has 3 nitrogen and oxygen atoms in total. The number of rotatable bonds is 2. The Morgan fingerprint density at radius 3 is 2.59 bits per heavy atom. The molecule has 2 aromatic rings. The number of benzene rings is 1. The number of pyridine rings is 1. The highest BCUT2D eigenvalue weighted by Gasteiger charge is 2.10. The van der Waals surface area contributed by atoms with Crippen molar-refractivity contribution in [3.05, 3.63) is 64.9 Å². The van der Waals surface area contributed by atoms with Crippen LogP contribution in [0.5, 0.6) is 0 Å². The zero-order chi connectivity index (χ0) is 12.3. The Labute approximate surface area is 105 Å². The molecule has 0 aliphatic heterocycles. The van der Waals surface area contributed by atoms with Crippen LogP contribution in [-0.4, -0.2) is 5.91 Å². The van der Waals surface area contributed by atoms with Crippen LogP contribution in [0.25, 0.3) is 0 Å². The second kappa shape index (κ2) is 4.97. The molecule has 0 fully saturated rings. The summed E-state index contributed by atoms with van der Waals surface area (Å²) in [6.45, 7) is 1.96. The maximum Gasteiger partial charge on any atom is 0.305 e. The number of amides is 1. The Morgan fingerprint density at radius 1 is 1.24 bits per heavy atom. The van der Waals surface area contributed by atoms with Gasteiger partial charge >= 0.3 is 5.91 Å². The lowest BCUT2D eigenvalue weighted by Crippen LogP contribution is -2.47. The van der Waals surface area contributed by atoms with E-state index < -0.39 is 0 Å². The van der Waals surface area contributed by atoms with Crippen molar-refractivity contribution >= 4 is 17.5 Å². The van der Waals surface area contributed by atoms with Gasteiger partial charge < -0.3 is 0 Å². The molecule has 0 unspecified atom stereocenters. The van der Waals surface area contributed by atoms with Gasteiger partial charge in [-0.15, -0.1) is 5.43 Å². The van der Waals surface area contributed by atoms with Crippen LogP contribution in [0.2, 0.25) is 5.02 Å². The van der Waals surface area contributed by atoms with Crippen molar-refractivity contribution in [3.63, 3.8) is 0 Å². The average molecular weight is 248 g/mol. The number of carbonyl (C=O) groups is 1. The maximum atomic E-state index is 11.9. The number of hydrogen-bond donors (Lipinski definition) is 1. The van der Waals surface area contributed by atoms with Crippen LogP contribution in [0.15, 0.2) is 48.8 Å². The van der Waals surface area contributed by atoms with Crippen molar-refractivity contribution in [3.8, 4) is 0 Å².